The van der Waals surface area contributed by atoms with Crippen LogP contribution in [0, 0.1) is 0 Å². The first-order chi connectivity index (χ1) is 11.7. The zero-order chi connectivity index (χ0) is 16.9. The minimum atomic E-state index is -0.00723. The maximum Gasteiger partial charge on any atom is 0.227 e. The van der Waals surface area contributed by atoms with Crippen LogP contribution < -0.4 is 5.32 Å². The number of rotatable bonds is 6. The van der Waals surface area contributed by atoms with Gasteiger partial charge in [-0.15, -0.1) is 0 Å². The van der Waals surface area contributed by atoms with E-state index in [4.69, 9.17) is 4.52 Å². The van der Waals surface area contributed by atoms with E-state index in [1.54, 1.807) is 19.4 Å². The summed E-state index contributed by atoms with van der Waals surface area (Å²) in [6.07, 6.45) is 6.86. The van der Waals surface area contributed by atoms with Crippen LogP contribution in [0.25, 0.3) is 0 Å². The Hall–Kier alpha value is -2.51. The van der Waals surface area contributed by atoms with Crippen molar-refractivity contribution in [1.82, 2.24) is 25.0 Å². The van der Waals surface area contributed by atoms with Crippen LogP contribution in [0.1, 0.15) is 49.6 Å². The second-order valence-electron chi connectivity index (χ2n) is 5.78. The molecule has 1 aliphatic rings. The highest BCUT2D eigenvalue weighted by Crippen LogP contribution is 2.31. The second kappa shape index (κ2) is 7.37. The summed E-state index contributed by atoms with van der Waals surface area (Å²) < 4.78 is 5.15. The van der Waals surface area contributed by atoms with Gasteiger partial charge < -0.3 is 14.7 Å². The summed E-state index contributed by atoms with van der Waals surface area (Å²) in [5.74, 6) is 2.00. The standard InChI is InChI=1S/C16H22N6O2/c1-3-13-20-15(24-21-13)6-7-16(23)22-8-4-5-12(22)11-9-18-10-14(17-2)19-11/h9-10,12H,3-8H2,1-2H3,(H,17,19)/t12-/m1/s1. The second-order valence-corrected chi connectivity index (χ2v) is 5.78. The molecular formula is C16H22N6O2. The molecule has 0 saturated carbocycles. The number of likely N-dealkylation sites (tertiary alicyclic amines) is 1. The highest BCUT2D eigenvalue weighted by atomic mass is 16.5. The summed E-state index contributed by atoms with van der Waals surface area (Å²) in [4.78, 5) is 27.5. The molecule has 0 aromatic carbocycles. The van der Waals surface area contributed by atoms with Gasteiger partial charge in [0, 0.05) is 32.9 Å². The Kier molecular flexibility index (Phi) is 5.02. The van der Waals surface area contributed by atoms with Crippen molar-refractivity contribution in [2.75, 3.05) is 18.9 Å². The van der Waals surface area contributed by atoms with Crippen LogP contribution >= 0.6 is 0 Å². The molecular weight excluding hydrogens is 308 g/mol. The number of amides is 1. The monoisotopic (exact) mass is 330 g/mol. The number of anilines is 1. The molecule has 0 aliphatic carbocycles. The number of carbonyl (C=O) groups is 1. The summed E-state index contributed by atoms with van der Waals surface area (Å²) in [7, 11) is 1.81. The molecule has 3 heterocycles. The van der Waals surface area contributed by atoms with E-state index in [0.29, 0.717) is 30.4 Å². The molecule has 0 bridgehead atoms. The number of nitrogens with one attached hydrogen (secondary N) is 1. The lowest BCUT2D eigenvalue weighted by molar-refractivity contribution is -0.132. The van der Waals surface area contributed by atoms with Crippen molar-refractivity contribution in [1.29, 1.82) is 0 Å². The summed E-state index contributed by atoms with van der Waals surface area (Å²) in [5, 5.41) is 6.84. The molecule has 3 rings (SSSR count). The van der Waals surface area contributed by atoms with Crippen molar-refractivity contribution in [2.45, 2.75) is 45.1 Å². The minimum Gasteiger partial charge on any atom is -0.372 e. The molecule has 0 spiro atoms. The molecule has 2 aromatic rings. The fourth-order valence-electron chi connectivity index (χ4n) is 2.93. The lowest BCUT2D eigenvalue weighted by atomic mass is 10.1. The molecule has 1 fully saturated rings. The zero-order valence-electron chi connectivity index (χ0n) is 14.0. The molecule has 1 aliphatic heterocycles. The van der Waals surface area contributed by atoms with Gasteiger partial charge >= 0.3 is 0 Å². The minimum absolute atomic E-state index is 0.00723. The molecule has 1 saturated heterocycles. The molecule has 0 radical (unpaired) electrons. The van der Waals surface area contributed by atoms with Crippen molar-refractivity contribution < 1.29 is 9.32 Å². The molecule has 8 heteroatoms. The maximum absolute atomic E-state index is 12.6. The number of aryl methyl sites for hydroxylation is 2. The van der Waals surface area contributed by atoms with Crippen LogP contribution in [0.3, 0.4) is 0 Å². The van der Waals surface area contributed by atoms with Gasteiger partial charge in [-0.1, -0.05) is 12.1 Å². The Morgan fingerprint density at radius 1 is 1.42 bits per heavy atom. The highest BCUT2D eigenvalue weighted by molar-refractivity contribution is 5.77. The third-order valence-electron chi connectivity index (χ3n) is 4.20. The van der Waals surface area contributed by atoms with Crippen molar-refractivity contribution >= 4 is 11.7 Å². The van der Waals surface area contributed by atoms with Gasteiger partial charge in [0.15, 0.2) is 5.82 Å². The van der Waals surface area contributed by atoms with E-state index in [1.807, 2.05) is 11.8 Å². The summed E-state index contributed by atoms with van der Waals surface area (Å²) in [6, 6.07) is -0.00723. The van der Waals surface area contributed by atoms with Crippen molar-refractivity contribution in [3.63, 3.8) is 0 Å². The van der Waals surface area contributed by atoms with E-state index in [0.717, 1.165) is 31.5 Å². The predicted octanol–water partition coefficient (Wildman–Crippen LogP) is 1.76. The summed E-state index contributed by atoms with van der Waals surface area (Å²) >= 11 is 0. The van der Waals surface area contributed by atoms with E-state index in [9.17, 15) is 4.79 Å². The Bertz CT molecular complexity index is 701. The molecule has 2 aromatic heterocycles. The SMILES string of the molecule is CCc1noc(CCC(=O)N2CCC[C@@H]2c2cncc(NC)n2)n1. The first kappa shape index (κ1) is 16.4. The lowest BCUT2D eigenvalue weighted by Crippen LogP contribution is -2.31. The largest absolute Gasteiger partial charge is 0.372 e. The topological polar surface area (TPSA) is 97.0 Å². The average Bonchev–Trinajstić information content (AvgIpc) is 3.28. The zero-order valence-corrected chi connectivity index (χ0v) is 14.0. The van der Waals surface area contributed by atoms with Crippen LogP contribution in [-0.2, 0) is 17.6 Å². The van der Waals surface area contributed by atoms with Crippen LogP contribution in [0.5, 0.6) is 0 Å². The van der Waals surface area contributed by atoms with E-state index < -0.39 is 0 Å². The third-order valence-corrected chi connectivity index (χ3v) is 4.20. The Morgan fingerprint density at radius 2 is 2.29 bits per heavy atom. The quantitative estimate of drug-likeness (QED) is 0.862. The molecule has 1 amide bonds. The molecule has 8 nitrogen and oxygen atoms in total. The lowest BCUT2D eigenvalue weighted by Gasteiger charge is -2.24. The number of carbonyl (C=O) groups excluding carboxylic acids is 1. The molecule has 1 N–H and O–H groups in total. The van der Waals surface area contributed by atoms with Crippen molar-refractivity contribution in [3.05, 3.63) is 29.8 Å². The predicted molar refractivity (Wildman–Crippen MR) is 87.3 cm³/mol. The average molecular weight is 330 g/mol. The van der Waals surface area contributed by atoms with Gasteiger partial charge in [0.2, 0.25) is 11.8 Å². The van der Waals surface area contributed by atoms with E-state index in [-0.39, 0.29) is 11.9 Å². The Balaban J connectivity index is 1.64. The van der Waals surface area contributed by atoms with Crippen LogP contribution in [0.4, 0.5) is 5.82 Å². The van der Waals surface area contributed by atoms with Gasteiger partial charge in [-0.3, -0.25) is 9.78 Å². The normalized spacial score (nSPS) is 17.2. The third kappa shape index (κ3) is 3.52. The summed E-state index contributed by atoms with van der Waals surface area (Å²) in [6.45, 7) is 2.72. The van der Waals surface area contributed by atoms with Gasteiger partial charge in [-0.05, 0) is 12.8 Å². The van der Waals surface area contributed by atoms with Crippen molar-refractivity contribution in [2.24, 2.45) is 0 Å². The van der Waals surface area contributed by atoms with Gasteiger partial charge in [0.25, 0.3) is 0 Å². The number of hydrogen-bond acceptors (Lipinski definition) is 7. The Labute approximate surface area is 140 Å². The first-order valence-electron chi connectivity index (χ1n) is 8.32. The number of hydrogen-bond donors (Lipinski definition) is 1. The smallest absolute Gasteiger partial charge is 0.227 e. The van der Waals surface area contributed by atoms with Crippen LogP contribution in [0.15, 0.2) is 16.9 Å². The van der Waals surface area contributed by atoms with E-state index >= 15 is 0 Å². The molecule has 128 valence electrons. The van der Waals surface area contributed by atoms with Crippen molar-refractivity contribution in [3.8, 4) is 0 Å². The van der Waals surface area contributed by atoms with Crippen LogP contribution in [-0.4, -0.2) is 44.5 Å². The fourth-order valence-corrected chi connectivity index (χ4v) is 2.93. The highest BCUT2D eigenvalue weighted by Gasteiger charge is 2.31. The maximum atomic E-state index is 12.6. The number of nitrogens with zero attached hydrogens (tertiary/aromatic N) is 5. The fraction of sp³-hybridized carbons (Fsp3) is 0.562. The van der Waals surface area contributed by atoms with Gasteiger partial charge in [0.05, 0.1) is 24.1 Å². The van der Waals surface area contributed by atoms with Gasteiger partial charge in [-0.2, -0.15) is 4.98 Å². The molecule has 0 unspecified atom stereocenters. The van der Waals surface area contributed by atoms with E-state index in [2.05, 4.69) is 25.4 Å². The van der Waals surface area contributed by atoms with Gasteiger partial charge in [0.1, 0.15) is 5.82 Å². The van der Waals surface area contributed by atoms with Crippen LogP contribution in [0.2, 0.25) is 0 Å². The van der Waals surface area contributed by atoms with Gasteiger partial charge in [-0.25, -0.2) is 4.98 Å². The van der Waals surface area contributed by atoms with E-state index in [1.165, 1.54) is 0 Å². The number of aromatic nitrogens is 4. The molecule has 1 atom stereocenters. The summed E-state index contributed by atoms with van der Waals surface area (Å²) in [5.41, 5.74) is 0.832. The molecule has 24 heavy (non-hydrogen) atoms. The Morgan fingerprint density at radius 3 is 3.04 bits per heavy atom. The first-order valence-corrected chi connectivity index (χ1v) is 8.32.